The summed E-state index contributed by atoms with van der Waals surface area (Å²) in [4.78, 5) is 25.5. The molecule has 0 amide bonds. The van der Waals surface area contributed by atoms with Gasteiger partial charge in [-0.2, -0.15) is 0 Å². The molecule has 2 aliphatic heterocycles. The Labute approximate surface area is 154 Å². The van der Waals surface area contributed by atoms with Gasteiger partial charge in [-0.25, -0.2) is 4.79 Å². The summed E-state index contributed by atoms with van der Waals surface area (Å²) in [6.45, 7) is 1.91. The van der Waals surface area contributed by atoms with Gasteiger partial charge in [0.05, 0.1) is 18.6 Å². The van der Waals surface area contributed by atoms with Crippen LogP contribution in [0.15, 0.2) is 40.5 Å². The van der Waals surface area contributed by atoms with Crippen LogP contribution < -0.4 is 25.5 Å². The Morgan fingerprint density at radius 3 is 2.70 bits per heavy atom. The SMILES string of the molecule is COC(=O)C1=C(N)Oc2cc(C)n(C)c(=O)c2[C@@H]1c1ccc2c(c1)OCO2. The minimum Gasteiger partial charge on any atom is -0.465 e. The molecule has 140 valence electrons. The smallest absolute Gasteiger partial charge is 0.340 e. The fourth-order valence-electron chi connectivity index (χ4n) is 3.38. The molecule has 0 unspecified atom stereocenters. The van der Waals surface area contributed by atoms with Crippen molar-refractivity contribution in [2.45, 2.75) is 12.8 Å². The van der Waals surface area contributed by atoms with Gasteiger partial charge in [0.2, 0.25) is 12.7 Å². The number of ether oxygens (including phenoxy) is 4. The Morgan fingerprint density at radius 2 is 1.96 bits per heavy atom. The van der Waals surface area contributed by atoms with E-state index in [-0.39, 0.29) is 23.8 Å². The summed E-state index contributed by atoms with van der Waals surface area (Å²) in [7, 11) is 2.91. The number of carbonyl (C=O) groups excluding carboxylic acids is 1. The fraction of sp³-hybridized carbons (Fsp3) is 0.263. The number of hydrogen-bond donors (Lipinski definition) is 1. The number of methoxy groups -OCH3 is 1. The lowest BCUT2D eigenvalue weighted by atomic mass is 9.83. The van der Waals surface area contributed by atoms with Crippen LogP contribution in [0.1, 0.15) is 22.7 Å². The summed E-state index contributed by atoms with van der Waals surface area (Å²) in [6, 6.07) is 6.95. The quantitative estimate of drug-likeness (QED) is 0.795. The second-order valence-corrected chi connectivity index (χ2v) is 6.35. The number of fused-ring (bicyclic) bond motifs is 2. The third-order valence-electron chi connectivity index (χ3n) is 4.87. The second-order valence-electron chi connectivity index (χ2n) is 6.35. The largest absolute Gasteiger partial charge is 0.465 e. The number of nitrogens with zero attached hydrogens (tertiary/aromatic N) is 1. The molecular weight excluding hydrogens is 352 g/mol. The molecular formula is C19H18N2O6. The van der Waals surface area contributed by atoms with Crippen LogP contribution >= 0.6 is 0 Å². The molecule has 1 atom stereocenters. The van der Waals surface area contributed by atoms with Crippen molar-refractivity contribution >= 4 is 5.97 Å². The van der Waals surface area contributed by atoms with Gasteiger partial charge >= 0.3 is 5.97 Å². The first-order valence-corrected chi connectivity index (χ1v) is 8.28. The zero-order valence-corrected chi connectivity index (χ0v) is 15.1. The standard InChI is InChI=1S/C19H18N2O6/c1-9-6-13-15(18(22)21(9)2)14(16(17(20)27-13)19(23)24-3)10-4-5-11-12(7-10)26-8-25-11/h4-7,14H,8,20H2,1-3H3/t14-/m0/s1. The van der Waals surface area contributed by atoms with Gasteiger partial charge in [0.15, 0.2) is 11.5 Å². The first-order valence-electron chi connectivity index (χ1n) is 8.28. The summed E-state index contributed by atoms with van der Waals surface area (Å²) in [5.74, 6) is -0.0572. The number of benzene rings is 1. The number of rotatable bonds is 2. The zero-order chi connectivity index (χ0) is 19.3. The van der Waals surface area contributed by atoms with Gasteiger partial charge in [0.25, 0.3) is 5.56 Å². The number of aryl methyl sites for hydroxylation is 1. The summed E-state index contributed by atoms with van der Waals surface area (Å²) in [5, 5.41) is 0. The highest BCUT2D eigenvalue weighted by Gasteiger charge is 2.38. The van der Waals surface area contributed by atoms with E-state index in [0.29, 0.717) is 34.1 Å². The molecule has 2 aliphatic rings. The Kier molecular flexibility index (Phi) is 3.83. The molecule has 0 saturated heterocycles. The third-order valence-corrected chi connectivity index (χ3v) is 4.87. The minimum atomic E-state index is -0.755. The number of pyridine rings is 1. The van der Waals surface area contributed by atoms with Crippen molar-refractivity contribution in [3.8, 4) is 17.2 Å². The maximum absolute atomic E-state index is 13.0. The number of hydrogen-bond acceptors (Lipinski definition) is 7. The van der Waals surface area contributed by atoms with Crippen LogP contribution in [-0.4, -0.2) is 24.4 Å². The molecule has 0 spiro atoms. The van der Waals surface area contributed by atoms with Crippen molar-refractivity contribution in [2.75, 3.05) is 13.9 Å². The van der Waals surface area contributed by atoms with Gasteiger partial charge < -0.3 is 29.2 Å². The number of aromatic nitrogens is 1. The van der Waals surface area contributed by atoms with Crippen molar-refractivity contribution in [3.05, 3.63) is 62.9 Å². The van der Waals surface area contributed by atoms with Crippen molar-refractivity contribution in [1.29, 1.82) is 0 Å². The first-order chi connectivity index (χ1) is 12.9. The van der Waals surface area contributed by atoms with Crippen molar-refractivity contribution in [2.24, 2.45) is 12.8 Å². The highest BCUT2D eigenvalue weighted by atomic mass is 16.7. The predicted molar refractivity (Wildman–Crippen MR) is 94.7 cm³/mol. The molecule has 27 heavy (non-hydrogen) atoms. The molecule has 1 aromatic heterocycles. The summed E-state index contributed by atoms with van der Waals surface area (Å²) in [6.07, 6.45) is 0. The summed E-state index contributed by atoms with van der Waals surface area (Å²) < 4.78 is 22.8. The molecule has 8 heteroatoms. The molecule has 3 heterocycles. The van der Waals surface area contributed by atoms with E-state index in [4.69, 9.17) is 24.7 Å². The lowest BCUT2D eigenvalue weighted by Crippen LogP contribution is -2.34. The normalized spacial score (nSPS) is 17.4. The molecule has 2 N–H and O–H groups in total. The Morgan fingerprint density at radius 1 is 1.22 bits per heavy atom. The molecule has 0 radical (unpaired) electrons. The molecule has 0 aliphatic carbocycles. The molecule has 4 rings (SSSR count). The number of carbonyl (C=O) groups is 1. The number of esters is 1. The van der Waals surface area contributed by atoms with Gasteiger partial charge in [0.1, 0.15) is 11.3 Å². The van der Waals surface area contributed by atoms with E-state index in [9.17, 15) is 9.59 Å². The van der Waals surface area contributed by atoms with Gasteiger partial charge in [-0.1, -0.05) is 6.07 Å². The lowest BCUT2D eigenvalue weighted by molar-refractivity contribution is -0.136. The van der Waals surface area contributed by atoms with Crippen LogP contribution in [-0.2, 0) is 16.6 Å². The van der Waals surface area contributed by atoms with Crippen LogP contribution in [0.5, 0.6) is 17.2 Å². The molecule has 0 saturated carbocycles. The van der Waals surface area contributed by atoms with Gasteiger partial charge in [0, 0.05) is 18.8 Å². The first kappa shape index (κ1) is 17.0. The fourth-order valence-corrected chi connectivity index (χ4v) is 3.38. The minimum absolute atomic E-state index is 0.0739. The van der Waals surface area contributed by atoms with E-state index < -0.39 is 11.9 Å². The van der Waals surface area contributed by atoms with E-state index in [2.05, 4.69) is 0 Å². The van der Waals surface area contributed by atoms with Crippen molar-refractivity contribution in [1.82, 2.24) is 4.57 Å². The predicted octanol–water partition coefficient (Wildman–Crippen LogP) is 1.29. The number of nitrogens with two attached hydrogens (primary N) is 1. The maximum Gasteiger partial charge on any atom is 0.340 e. The van der Waals surface area contributed by atoms with Gasteiger partial charge in [-0.3, -0.25) is 4.79 Å². The van der Waals surface area contributed by atoms with Crippen LogP contribution in [0.2, 0.25) is 0 Å². The molecule has 0 bridgehead atoms. The topological polar surface area (TPSA) is 102 Å². The summed E-state index contributed by atoms with van der Waals surface area (Å²) in [5.41, 5.74) is 7.51. The second kappa shape index (κ2) is 6.08. The lowest BCUT2D eigenvalue weighted by Gasteiger charge is -2.28. The van der Waals surface area contributed by atoms with Crippen LogP contribution in [0, 0.1) is 6.92 Å². The summed E-state index contributed by atoms with van der Waals surface area (Å²) >= 11 is 0. The maximum atomic E-state index is 13.0. The highest BCUT2D eigenvalue weighted by Crippen LogP contribution is 2.44. The highest BCUT2D eigenvalue weighted by molar-refractivity contribution is 5.92. The third kappa shape index (κ3) is 2.52. The van der Waals surface area contributed by atoms with Gasteiger partial charge in [-0.05, 0) is 24.6 Å². The average Bonchev–Trinajstić information content (AvgIpc) is 3.12. The molecule has 0 fully saturated rings. The van der Waals surface area contributed by atoms with E-state index in [1.54, 1.807) is 38.2 Å². The molecule has 1 aromatic carbocycles. The van der Waals surface area contributed by atoms with E-state index in [1.807, 2.05) is 0 Å². The molecule has 2 aromatic rings. The van der Waals surface area contributed by atoms with Crippen molar-refractivity contribution in [3.63, 3.8) is 0 Å². The Hall–Kier alpha value is -3.42. The Bertz CT molecular complexity index is 1050. The van der Waals surface area contributed by atoms with Crippen LogP contribution in [0.4, 0.5) is 0 Å². The monoisotopic (exact) mass is 370 g/mol. The van der Waals surface area contributed by atoms with Crippen molar-refractivity contribution < 1.29 is 23.7 Å². The molecule has 8 nitrogen and oxygen atoms in total. The Balaban J connectivity index is 2.00. The van der Waals surface area contributed by atoms with E-state index in [0.717, 1.165) is 0 Å². The van der Waals surface area contributed by atoms with E-state index in [1.165, 1.54) is 11.7 Å². The van der Waals surface area contributed by atoms with Crippen LogP contribution in [0.3, 0.4) is 0 Å². The zero-order valence-electron chi connectivity index (χ0n) is 15.1. The average molecular weight is 370 g/mol. The van der Waals surface area contributed by atoms with Gasteiger partial charge in [-0.15, -0.1) is 0 Å². The van der Waals surface area contributed by atoms with E-state index >= 15 is 0 Å². The van der Waals surface area contributed by atoms with Crippen LogP contribution in [0.25, 0.3) is 0 Å².